The van der Waals surface area contributed by atoms with Crippen LogP contribution in [0, 0.1) is 12.8 Å². The number of unbranched alkanes of at least 4 members (excludes halogenated alkanes) is 1. The molecule has 1 heterocycles. The Morgan fingerprint density at radius 1 is 1.30 bits per heavy atom. The van der Waals surface area contributed by atoms with Crippen LogP contribution in [0.15, 0.2) is 10.4 Å². The molecule has 1 aliphatic rings. The molecule has 0 spiro atoms. The highest BCUT2D eigenvalue weighted by atomic mass is 32.1. The Kier molecular flexibility index (Phi) is 8.39. The second-order valence-corrected chi connectivity index (χ2v) is 7.08. The monoisotopic (exact) mass is 338 g/mol. The van der Waals surface area contributed by atoms with Crippen molar-refractivity contribution in [3.8, 4) is 0 Å². The molecule has 5 nitrogen and oxygen atoms in total. The van der Waals surface area contributed by atoms with E-state index in [-0.39, 0.29) is 0 Å². The van der Waals surface area contributed by atoms with Gasteiger partial charge in [-0.1, -0.05) is 0 Å². The van der Waals surface area contributed by atoms with Crippen LogP contribution in [0.3, 0.4) is 0 Å². The van der Waals surface area contributed by atoms with E-state index in [1.807, 2.05) is 14.0 Å². The average Bonchev–Trinajstić information content (AvgIpc) is 3.29. The summed E-state index contributed by atoms with van der Waals surface area (Å²) in [6, 6.07) is 0. The number of nitrogens with one attached hydrogen (secondary N) is 2. The van der Waals surface area contributed by atoms with Gasteiger partial charge in [0.1, 0.15) is 0 Å². The smallest absolute Gasteiger partial charge is 0.190 e. The van der Waals surface area contributed by atoms with E-state index in [0.717, 1.165) is 69.6 Å². The van der Waals surface area contributed by atoms with Crippen molar-refractivity contribution in [2.75, 3.05) is 33.4 Å². The molecule has 2 rings (SSSR count). The van der Waals surface area contributed by atoms with Gasteiger partial charge in [0.2, 0.25) is 0 Å². The molecule has 0 aliphatic heterocycles. The summed E-state index contributed by atoms with van der Waals surface area (Å²) in [5, 5.41) is 10.1. The number of aliphatic imine (C=N–C) groups is 1. The van der Waals surface area contributed by atoms with E-state index >= 15 is 0 Å². The lowest BCUT2D eigenvalue weighted by Gasteiger charge is -2.11. The van der Waals surface area contributed by atoms with Gasteiger partial charge >= 0.3 is 0 Å². The maximum absolute atomic E-state index is 5.62. The average molecular weight is 339 g/mol. The Bertz CT molecular complexity index is 471. The van der Waals surface area contributed by atoms with Gasteiger partial charge in [-0.2, -0.15) is 0 Å². The Hall–Kier alpha value is -1.14. The van der Waals surface area contributed by atoms with E-state index in [1.54, 1.807) is 11.3 Å². The number of aromatic nitrogens is 1. The van der Waals surface area contributed by atoms with Crippen molar-refractivity contribution in [1.29, 1.82) is 0 Å². The van der Waals surface area contributed by atoms with E-state index in [4.69, 9.17) is 4.74 Å². The summed E-state index contributed by atoms with van der Waals surface area (Å²) in [6.45, 7) is 5.69. The number of nitrogens with zero attached hydrogens (tertiary/aromatic N) is 2. The summed E-state index contributed by atoms with van der Waals surface area (Å²) in [7, 11) is 1.82. The zero-order valence-corrected chi connectivity index (χ0v) is 15.3. The highest BCUT2D eigenvalue weighted by Crippen LogP contribution is 2.28. The molecule has 1 aromatic rings. The fourth-order valence-corrected chi connectivity index (χ4v) is 3.08. The number of rotatable bonds is 11. The molecule has 6 heteroatoms. The Labute approximate surface area is 144 Å². The predicted octanol–water partition coefficient (Wildman–Crippen LogP) is 2.76. The van der Waals surface area contributed by atoms with Crippen molar-refractivity contribution in [3.05, 3.63) is 16.1 Å². The first kappa shape index (κ1) is 18.2. The van der Waals surface area contributed by atoms with Gasteiger partial charge in [0.15, 0.2) is 5.96 Å². The number of ether oxygens (including phenoxy) is 1. The highest BCUT2D eigenvalue weighted by molar-refractivity contribution is 7.09. The van der Waals surface area contributed by atoms with Gasteiger partial charge in [0.05, 0.1) is 5.01 Å². The zero-order valence-electron chi connectivity index (χ0n) is 14.4. The third-order valence-corrected chi connectivity index (χ3v) is 4.83. The van der Waals surface area contributed by atoms with Gasteiger partial charge in [-0.15, -0.1) is 11.3 Å². The number of thiazole rings is 1. The minimum absolute atomic E-state index is 0.841. The van der Waals surface area contributed by atoms with Crippen LogP contribution in [0.4, 0.5) is 0 Å². The molecule has 2 N–H and O–H groups in total. The van der Waals surface area contributed by atoms with Crippen molar-refractivity contribution < 1.29 is 4.74 Å². The first-order valence-corrected chi connectivity index (χ1v) is 9.59. The summed E-state index contributed by atoms with van der Waals surface area (Å²) in [5.74, 6) is 1.74. The fourth-order valence-electron chi connectivity index (χ4n) is 2.26. The molecule has 0 radical (unpaired) electrons. The molecule has 0 unspecified atom stereocenters. The van der Waals surface area contributed by atoms with Crippen molar-refractivity contribution in [1.82, 2.24) is 15.6 Å². The minimum atomic E-state index is 0.841. The van der Waals surface area contributed by atoms with Crippen molar-refractivity contribution in [2.45, 2.75) is 45.4 Å². The first-order valence-electron chi connectivity index (χ1n) is 8.71. The Balaban J connectivity index is 1.42. The molecule has 0 saturated heterocycles. The van der Waals surface area contributed by atoms with E-state index in [9.17, 15) is 0 Å². The summed E-state index contributed by atoms with van der Waals surface area (Å²) >= 11 is 1.76. The minimum Gasteiger partial charge on any atom is -0.381 e. The van der Waals surface area contributed by atoms with E-state index < -0.39 is 0 Å². The molecule has 0 amide bonds. The number of hydrogen-bond donors (Lipinski definition) is 2. The van der Waals surface area contributed by atoms with Crippen molar-refractivity contribution in [3.63, 3.8) is 0 Å². The molecule has 0 atom stereocenters. The van der Waals surface area contributed by atoms with Crippen LogP contribution >= 0.6 is 11.3 Å². The lowest BCUT2D eigenvalue weighted by Crippen LogP contribution is -2.38. The van der Waals surface area contributed by atoms with Gasteiger partial charge in [0, 0.05) is 44.4 Å². The van der Waals surface area contributed by atoms with E-state index in [1.165, 1.54) is 17.8 Å². The van der Waals surface area contributed by atoms with Crippen LogP contribution in [-0.2, 0) is 11.2 Å². The quantitative estimate of drug-likeness (QED) is 0.370. The molecule has 0 aromatic carbocycles. The molecule has 1 aliphatic carbocycles. The summed E-state index contributed by atoms with van der Waals surface area (Å²) < 4.78 is 5.62. The molecular formula is C17H30N4OS. The third-order valence-electron chi connectivity index (χ3n) is 3.81. The van der Waals surface area contributed by atoms with Crippen LogP contribution in [0.25, 0.3) is 0 Å². The summed E-state index contributed by atoms with van der Waals surface area (Å²) in [4.78, 5) is 8.74. The summed E-state index contributed by atoms with van der Waals surface area (Å²) in [6.07, 6.45) is 7.10. The highest BCUT2D eigenvalue weighted by Gasteiger charge is 2.20. The van der Waals surface area contributed by atoms with Crippen molar-refractivity contribution >= 4 is 17.3 Å². The first-order chi connectivity index (χ1) is 11.3. The predicted molar refractivity (Wildman–Crippen MR) is 97.3 cm³/mol. The molecule has 23 heavy (non-hydrogen) atoms. The normalized spacial score (nSPS) is 15.0. The van der Waals surface area contributed by atoms with Crippen LogP contribution in [-0.4, -0.2) is 44.3 Å². The number of aryl methyl sites for hydroxylation is 2. The maximum Gasteiger partial charge on any atom is 0.190 e. The lowest BCUT2D eigenvalue weighted by molar-refractivity contribution is 0.123. The van der Waals surface area contributed by atoms with Gasteiger partial charge in [-0.3, -0.25) is 4.99 Å². The second kappa shape index (κ2) is 10.6. The SMILES string of the molecule is CN=C(NCCCCc1nc(C)cs1)NCCCOCC1CC1. The largest absolute Gasteiger partial charge is 0.381 e. The fraction of sp³-hybridized carbons (Fsp3) is 0.765. The van der Waals surface area contributed by atoms with Crippen LogP contribution in [0.2, 0.25) is 0 Å². The topological polar surface area (TPSA) is 58.5 Å². The van der Waals surface area contributed by atoms with Gasteiger partial charge in [-0.05, 0) is 51.4 Å². The van der Waals surface area contributed by atoms with E-state index in [2.05, 4.69) is 26.0 Å². The number of hydrogen-bond acceptors (Lipinski definition) is 4. The Morgan fingerprint density at radius 2 is 2.09 bits per heavy atom. The lowest BCUT2D eigenvalue weighted by atomic mass is 10.2. The summed E-state index contributed by atoms with van der Waals surface area (Å²) in [5.41, 5.74) is 1.13. The van der Waals surface area contributed by atoms with Gasteiger partial charge in [0.25, 0.3) is 0 Å². The van der Waals surface area contributed by atoms with Crippen LogP contribution < -0.4 is 10.6 Å². The molecule has 130 valence electrons. The molecular weight excluding hydrogens is 308 g/mol. The van der Waals surface area contributed by atoms with Crippen molar-refractivity contribution in [2.24, 2.45) is 10.9 Å². The third kappa shape index (κ3) is 8.32. The number of guanidine groups is 1. The molecule has 1 saturated carbocycles. The Morgan fingerprint density at radius 3 is 2.74 bits per heavy atom. The molecule has 0 bridgehead atoms. The van der Waals surface area contributed by atoms with Crippen LogP contribution in [0.1, 0.15) is 42.8 Å². The standard InChI is InChI=1S/C17H30N4OS/c1-14-13-23-16(21-14)6-3-4-9-19-17(18-2)20-10-5-11-22-12-15-7-8-15/h13,15H,3-12H2,1-2H3,(H2,18,19,20). The van der Waals surface area contributed by atoms with Gasteiger partial charge in [-0.25, -0.2) is 4.98 Å². The van der Waals surface area contributed by atoms with E-state index in [0.29, 0.717) is 0 Å². The molecule has 1 aromatic heterocycles. The molecule has 1 fully saturated rings. The maximum atomic E-state index is 5.62. The van der Waals surface area contributed by atoms with Crippen LogP contribution in [0.5, 0.6) is 0 Å². The van der Waals surface area contributed by atoms with Gasteiger partial charge < -0.3 is 15.4 Å². The zero-order chi connectivity index (χ0) is 16.3. The second-order valence-electron chi connectivity index (χ2n) is 6.14.